The monoisotopic (exact) mass is 217 g/mol. The summed E-state index contributed by atoms with van der Waals surface area (Å²) in [5.41, 5.74) is -0.393. The van der Waals surface area contributed by atoms with Gasteiger partial charge in [-0.3, -0.25) is 4.79 Å². The number of carbonyl (C=O) groups excluding carboxylic acids is 1. The first kappa shape index (κ1) is 11.9. The van der Waals surface area contributed by atoms with E-state index in [1.165, 1.54) is 0 Å². The minimum absolute atomic E-state index is 0.0675. The Kier molecular flexibility index (Phi) is 4.75. The van der Waals surface area contributed by atoms with Crippen LogP contribution in [0.5, 0.6) is 0 Å². The van der Waals surface area contributed by atoms with Gasteiger partial charge < -0.3 is 10.1 Å². The van der Waals surface area contributed by atoms with Crippen LogP contribution in [0, 0.1) is 0 Å². The maximum Gasteiger partial charge on any atom is 0.326 e. The van der Waals surface area contributed by atoms with Gasteiger partial charge in [0.1, 0.15) is 5.54 Å². The highest BCUT2D eigenvalue weighted by molar-refractivity contribution is 7.99. The van der Waals surface area contributed by atoms with Crippen LogP contribution < -0.4 is 5.32 Å². The van der Waals surface area contributed by atoms with Crippen molar-refractivity contribution < 1.29 is 9.53 Å². The Morgan fingerprint density at radius 3 is 2.57 bits per heavy atom. The summed E-state index contributed by atoms with van der Waals surface area (Å²) >= 11 is 1.91. The Balaban J connectivity index is 2.63. The van der Waals surface area contributed by atoms with Gasteiger partial charge in [0, 0.05) is 0 Å². The van der Waals surface area contributed by atoms with Gasteiger partial charge in [-0.2, -0.15) is 11.8 Å². The molecule has 1 saturated heterocycles. The Bertz CT molecular complexity index is 185. The van der Waals surface area contributed by atoms with Crippen molar-refractivity contribution >= 4 is 17.7 Å². The van der Waals surface area contributed by atoms with E-state index in [1.54, 1.807) is 0 Å². The number of thioether (sulfide) groups is 1. The predicted octanol–water partition coefficient (Wildman–Crippen LogP) is 1.42. The van der Waals surface area contributed by atoms with E-state index in [0.717, 1.165) is 30.9 Å². The number of nitrogens with one attached hydrogen (secondary N) is 1. The van der Waals surface area contributed by atoms with Crippen molar-refractivity contribution in [3.8, 4) is 0 Å². The molecule has 0 radical (unpaired) electrons. The lowest BCUT2D eigenvalue weighted by molar-refractivity contribution is -0.151. The normalized spacial score (nSPS) is 20.4. The van der Waals surface area contributed by atoms with Crippen molar-refractivity contribution in [1.82, 2.24) is 5.32 Å². The number of carbonyl (C=O) groups is 1. The second-order valence-corrected chi connectivity index (χ2v) is 4.67. The molecule has 1 aliphatic heterocycles. The van der Waals surface area contributed by atoms with Crippen molar-refractivity contribution in [2.45, 2.75) is 32.2 Å². The molecule has 1 fully saturated rings. The summed E-state index contributed by atoms with van der Waals surface area (Å²) < 4.78 is 5.13. The van der Waals surface area contributed by atoms with Crippen molar-refractivity contribution in [3.05, 3.63) is 0 Å². The molecule has 1 rings (SSSR count). The Morgan fingerprint density at radius 2 is 2.07 bits per heavy atom. The smallest absolute Gasteiger partial charge is 0.326 e. The molecular weight excluding hydrogens is 198 g/mol. The fourth-order valence-corrected chi connectivity index (χ4v) is 2.97. The highest BCUT2D eigenvalue weighted by Gasteiger charge is 2.40. The van der Waals surface area contributed by atoms with Crippen LogP contribution in [0.15, 0.2) is 0 Å². The van der Waals surface area contributed by atoms with Crippen molar-refractivity contribution in [2.75, 3.05) is 24.7 Å². The Labute approximate surface area is 90.0 Å². The van der Waals surface area contributed by atoms with E-state index in [-0.39, 0.29) is 5.97 Å². The summed E-state index contributed by atoms with van der Waals surface area (Å²) in [6.45, 7) is 5.18. The van der Waals surface area contributed by atoms with Crippen molar-refractivity contribution in [2.24, 2.45) is 0 Å². The van der Waals surface area contributed by atoms with Crippen LogP contribution in [-0.4, -0.2) is 36.2 Å². The molecule has 4 heteroatoms. The fraction of sp³-hybridized carbons (Fsp3) is 0.900. The van der Waals surface area contributed by atoms with Crippen molar-refractivity contribution in [1.29, 1.82) is 0 Å². The van der Waals surface area contributed by atoms with Crippen molar-refractivity contribution in [3.63, 3.8) is 0 Å². The van der Waals surface area contributed by atoms with Gasteiger partial charge in [0.15, 0.2) is 0 Å². The summed E-state index contributed by atoms with van der Waals surface area (Å²) in [5, 5.41) is 3.29. The molecule has 0 aliphatic carbocycles. The zero-order chi connectivity index (χ0) is 10.4. The van der Waals surface area contributed by atoms with Gasteiger partial charge in [-0.05, 0) is 37.8 Å². The van der Waals surface area contributed by atoms with E-state index in [4.69, 9.17) is 4.74 Å². The summed E-state index contributed by atoms with van der Waals surface area (Å²) in [7, 11) is 0. The molecule has 0 atom stereocenters. The third-order valence-corrected chi connectivity index (χ3v) is 3.51. The lowest BCUT2D eigenvalue weighted by Gasteiger charge is -2.35. The standard InChI is InChI=1S/C10H19NO2S/c1-3-11-10(9(12)13-4-2)5-7-14-8-6-10/h11H,3-8H2,1-2H3. The minimum Gasteiger partial charge on any atom is -0.465 e. The average Bonchev–Trinajstić information content (AvgIpc) is 2.20. The number of rotatable bonds is 4. The molecule has 0 aromatic carbocycles. The maximum atomic E-state index is 11.8. The van der Waals surface area contributed by atoms with Crippen LogP contribution in [0.4, 0.5) is 0 Å². The third-order valence-electron chi connectivity index (χ3n) is 2.53. The topological polar surface area (TPSA) is 38.3 Å². The van der Waals surface area contributed by atoms with Gasteiger partial charge in [-0.1, -0.05) is 6.92 Å². The van der Waals surface area contributed by atoms with Crippen LogP contribution in [0.1, 0.15) is 26.7 Å². The van der Waals surface area contributed by atoms with E-state index >= 15 is 0 Å². The molecule has 82 valence electrons. The van der Waals surface area contributed by atoms with Gasteiger partial charge in [-0.15, -0.1) is 0 Å². The zero-order valence-corrected chi connectivity index (χ0v) is 9.78. The van der Waals surface area contributed by atoms with Gasteiger partial charge in [0.25, 0.3) is 0 Å². The molecule has 0 unspecified atom stereocenters. The highest BCUT2D eigenvalue weighted by atomic mass is 32.2. The molecule has 0 spiro atoms. The molecule has 0 saturated carbocycles. The molecular formula is C10H19NO2S. The van der Waals surface area contributed by atoms with Crippen LogP contribution in [0.3, 0.4) is 0 Å². The summed E-state index contributed by atoms with van der Waals surface area (Å²) in [5.74, 6) is 2.03. The molecule has 0 bridgehead atoms. The molecule has 14 heavy (non-hydrogen) atoms. The van der Waals surface area contributed by atoms with Crippen LogP contribution in [0.25, 0.3) is 0 Å². The second kappa shape index (κ2) is 5.61. The lowest BCUT2D eigenvalue weighted by Crippen LogP contribution is -2.55. The third kappa shape index (κ3) is 2.64. The second-order valence-electron chi connectivity index (χ2n) is 3.45. The molecule has 1 N–H and O–H groups in total. The predicted molar refractivity (Wildman–Crippen MR) is 59.6 cm³/mol. The lowest BCUT2D eigenvalue weighted by atomic mass is 9.92. The largest absolute Gasteiger partial charge is 0.465 e. The number of likely N-dealkylation sites (N-methyl/N-ethyl adjacent to an activating group) is 1. The number of esters is 1. The van der Waals surface area contributed by atoms with E-state index in [2.05, 4.69) is 5.32 Å². The fourth-order valence-electron chi connectivity index (χ4n) is 1.78. The Morgan fingerprint density at radius 1 is 1.43 bits per heavy atom. The summed E-state index contributed by atoms with van der Waals surface area (Å²) in [6.07, 6.45) is 1.79. The molecule has 1 aliphatic rings. The van der Waals surface area contributed by atoms with E-state index in [1.807, 2.05) is 25.6 Å². The van der Waals surface area contributed by atoms with Crippen LogP contribution >= 0.6 is 11.8 Å². The van der Waals surface area contributed by atoms with E-state index in [0.29, 0.717) is 6.61 Å². The first-order valence-electron chi connectivity index (χ1n) is 5.25. The first-order valence-corrected chi connectivity index (χ1v) is 6.40. The molecule has 3 nitrogen and oxygen atoms in total. The quantitative estimate of drug-likeness (QED) is 0.723. The molecule has 0 aromatic rings. The van der Waals surface area contributed by atoms with E-state index < -0.39 is 5.54 Å². The first-order chi connectivity index (χ1) is 6.75. The van der Waals surface area contributed by atoms with Crippen LogP contribution in [-0.2, 0) is 9.53 Å². The maximum absolute atomic E-state index is 11.8. The number of ether oxygens (including phenoxy) is 1. The SMILES string of the molecule is CCNC1(C(=O)OCC)CCSCC1. The van der Waals surface area contributed by atoms with Gasteiger partial charge in [-0.25, -0.2) is 0 Å². The number of hydrogen-bond acceptors (Lipinski definition) is 4. The summed E-state index contributed by atoms with van der Waals surface area (Å²) in [4.78, 5) is 11.8. The number of hydrogen-bond donors (Lipinski definition) is 1. The molecule has 0 amide bonds. The Hall–Kier alpha value is -0.220. The highest BCUT2D eigenvalue weighted by Crippen LogP contribution is 2.28. The molecule has 1 heterocycles. The van der Waals surface area contributed by atoms with Gasteiger partial charge in [0.2, 0.25) is 0 Å². The summed E-state index contributed by atoms with van der Waals surface area (Å²) in [6, 6.07) is 0. The molecule has 0 aromatic heterocycles. The van der Waals surface area contributed by atoms with E-state index in [9.17, 15) is 4.79 Å². The van der Waals surface area contributed by atoms with Crippen LogP contribution in [0.2, 0.25) is 0 Å². The minimum atomic E-state index is -0.393. The zero-order valence-electron chi connectivity index (χ0n) is 8.97. The van der Waals surface area contributed by atoms with Gasteiger partial charge >= 0.3 is 5.97 Å². The van der Waals surface area contributed by atoms with Gasteiger partial charge in [0.05, 0.1) is 6.61 Å². The average molecular weight is 217 g/mol.